The molecule has 26 heavy (non-hydrogen) atoms. The molecule has 144 valence electrons. The fraction of sp³-hybridized carbons (Fsp3) is 0.556. The Morgan fingerprint density at radius 3 is 2.42 bits per heavy atom. The molecule has 0 aliphatic carbocycles. The summed E-state index contributed by atoms with van der Waals surface area (Å²) in [5.41, 5.74) is 6.60. The average Bonchev–Trinajstić information content (AvgIpc) is 2.51. The van der Waals surface area contributed by atoms with Gasteiger partial charge in [0.15, 0.2) is 0 Å². The molecule has 0 bridgehead atoms. The lowest BCUT2D eigenvalue weighted by Crippen LogP contribution is -2.55. The second-order valence-corrected chi connectivity index (χ2v) is 7.39. The van der Waals surface area contributed by atoms with Crippen LogP contribution in [0.1, 0.15) is 38.1 Å². The number of amides is 1. The first kappa shape index (κ1) is 19.7. The predicted molar refractivity (Wildman–Crippen MR) is 99.0 cm³/mol. The number of piperazine rings is 1. The van der Waals surface area contributed by atoms with E-state index in [0.717, 1.165) is 0 Å². The highest BCUT2D eigenvalue weighted by Gasteiger charge is 2.32. The first-order chi connectivity index (χ1) is 12.0. The zero-order chi connectivity index (χ0) is 19.6. The Kier molecular flexibility index (Phi) is 5.53. The maximum atomic E-state index is 12.3. The Morgan fingerprint density at radius 1 is 1.27 bits per heavy atom. The van der Waals surface area contributed by atoms with E-state index in [9.17, 15) is 14.7 Å². The number of carbonyl (C=O) groups is 2. The maximum Gasteiger partial charge on any atom is 0.410 e. The van der Waals surface area contributed by atoms with Gasteiger partial charge in [-0.1, -0.05) is 0 Å². The number of anilines is 2. The second kappa shape index (κ2) is 7.31. The summed E-state index contributed by atoms with van der Waals surface area (Å²) in [5.74, 6) is -0.662. The van der Waals surface area contributed by atoms with E-state index < -0.39 is 11.6 Å². The van der Waals surface area contributed by atoms with Crippen molar-refractivity contribution in [1.29, 1.82) is 0 Å². The molecule has 1 amide bonds. The van der Waals surface area contributed by atoms with E-state index in [1.54, 1.807) is 4.90 Å². The van der Waals surface area contributed by atoms with Crippen molar-refractivity contribution in [3.05, 3.63) is 17.7 Å². The van der Waals surface area contributed by atoms with Gasteiger partial charge in [0.25, 0.3) is 0 Å². The van der Waals surface area contributed by atoms with Gasteiger partial charge >= 0.3 is 12.1 Å². The Hall–Kier alpha value is -2.64. The molecular formula is C18H27N3O5. The molecule has 1 aliphatic rings. The highest BCUT2D eigenvalue weighted by molar-refractivity contribution is 5.92. The minimum atomic E-state index is -1.07. The second-order valence-electron chi connectivity index (χ2n) is 7.39. The molecule has 1 aromatic rings. The number of carbonyl (C=O) groups excluding carboxylic acids is 1. The van der Waals surface area contributed by atoms with Crippen LogP contribution in [0.3, 0.4) is 0 Å². The molecule has 1 fully saturated rings. The van der Waals surface area contributed by atoms with Gasteiger partial charge in [-0.05, 0) is 39.8 Å². The number of methoxy groups -OCH3 is 1. The zero-order valence-electron chi connectivity index (χ0n) is 15.9. The number of ether oxygens (including phenoxy) is 2. The van der Waals surface area contributed by atoms with Crippen LogP contribution in [0.15, 0.2) is 12.1 Å². The van der Waals surface area contributed by atoms with Gasteiger partial charge in [-0.2, -0.15) is 0 Å². The van der Waals surface area contributed by atoms with Crippen LogP contribution in [0.25, 0.3) is 0 Å². The van der Waals surface area contributed by atoms with Crippen molar-refractivity contribution in [1.82, 2.24) is 4.90 Å². The van der Waals surface area contributed by atoms with Gasteiger partial charge in [0.1, 0.15) is 17.0 Å². The van der Waals surface area contributed by atoms with Crippen molar-refractivity contribution in [3.63, 3.8) is 0 Å². The van der Waals surface area contributed by atoms with E-state index in [4.69, 9.17) is 15.2 Å². The quantitative estimate of drug-likeness (QED) is 0.793. The topological polar surface area (TPSA) is 105 Å². The molecule has 1 saturated heterocycles. The Balaban J connectivity index is 2.21. The molecule has 1 aromatic carbocycles. The van der Waals surface area contributed by atoms with Gasteiger partial charge in [-0.15, -0.1) is 0 Å². The zero-order valence-corrected chi connectivity index (χ0v) is 15.9. The highest BCUT2D eigenvalue weighted by atomic mass is 16.6. The Morgan fingerprint density at radius 2 is 1.92 bits per heavy atom. The lowest BCUT2D eigenvalue weighted by atomic mass is 10.1. The summed E-state index contributed by atoms with van der Waals surface area (Å²) in [7, 11) is 1.48. The Bertz CT molecular complexity index is 699. The van der Waals surface area contributed by atoms with Crippen molar-refractivity contribution >= 4 is 23.4 Å². The lowest BCUT2D eigenvalue weighted by Gasteiger charge is -2.41. The van der Waals surface area contributed by atoms with Crippen molar-refractivity contribution < 1.29 is 24.2 Å². The van der Waals surface area contributed by atoms with Gasteiger partial charge in [0, 0.05) is 25.7 Å². The van der Waals surface area contributed by atoms with Crippen molar-refractivity contribution in [2.24, 2.45) is 0 Å². The van der Waals surface area contributed by atoms with Crippen LogP contribution in [-0.2, 0) is 4.74 Å². The lowest BCUT2D eigenvalue weighted by molar-refractivity contribution is 0.0159. The van der Waals surface area contributed by atoms with E-state index in [1.165, 1.54) is 19.2 Å². The number of benzene rings is 1. The third kappa shape index (κ3) is 4.30. The number of hydrogen-bond donors (Lipinski definition) is 2. The minimum absolute atomic E-state index is 0.0727. The van der Waals surface area contributed by atoms with Crippen LogP contribution in [0.4, 0.5) is 16.2 Å². The summed E-state index contributed by atoms with van der Waals surface area (Å²) in [4.78, 5) is 27.3. The van der Waals surface area contributed by atoms with E-state index in [0.29, 0.717) is 36.8 Å². The number of nitrogens with two attached hydrogens (primary N) is 1. The number of nitrogens with zero attached hydrogens (tertiary/aromatic N) is 2. The standard InChI is InChI=1S/C18H27N3O5/c1-11-10-20(6-7-21(11)17(24)26-18(2,3)4)15-13(19)8-12(16(22)23)9-14(15)25-5/h8-9,11H,6-7,10,19H2,1-5H3,(H,22,23)/t11-/m0/s1. The third-order valence-corrected chi connectivity index (χ3v) is 4.14. The number of rotatable bonds is 3. The molecular weight excluding hydrogens is 338 g/mol. The van der Waals surface area contributed by atoms with Crippen LogP contribution in [-0.4, -0.2) is 60.5 Å². The fourth-order valence-electron chi connectivity index (χ4n) is 3.00. The smallest absolute Gasteiger partial charge is 0.410 e. The molecule has 3 N–H and O–H groups in total. The van der Waals surface area contributed by atoms with Crippen LogP contribution >= 0.6 is 0 Å². The van der Waals surface area contributed by atoms with E-state index in [2.05, 4.69) is 0 Å². The summed E-state index contributed by atoms with van der Waals surface area (Å²) in [5, 5.41) is 9.18. The van der Waals surface area contributed by atoms with E-state index in [-0.39, 0.29) is 17.7 Å². The summed E-state index contributed by atoms with van der Waals surface area (Å²) in [6.45, 7) is 8.98. The molecule has 2 rings (SSSR count). The first-order valence-electron chi connectivity index (χ1n) is 8.49. The minimum Gasteiger partial charge on any atom is -0.494 e. The third-order valence-electron chi connectivity index (χ3n) is 4.14. The number of carboxylic acid groups (broad SMARTS) is 1. The largest absolute Gasteiger partial charge is 0.494 e. The van der Waals surface area contributed by atoms with Gasteiger partial charge in [-0.25, -0.2) is 9.59 Å². The van der Waals surface area contributed by atoms with Crippen molar-refractivity contribution in [3.8, 4) is 5.75 Å². The SMILES string of the molecule is COc1cc(C(=O)O)cc(N)c1N1CCN(C(=O)OC(C)(C)C)[C@@H](C)C1. The summed E-state index contributed by atoms with van der Waals surface area (Å²) in [6, 6.07) is 2.78. The molecule has 0 radical (unpaired) electrons. The number of aromatic carboxylic acids is 1. The number of hydrogen-bond acceptors (Lipinski definition) is 6. The van der Waals surface area contributed by atoms with Gasteiger partial charge < -0.3 is 30.1 Å². The number of carboxylic acids is 1. The van der Waals surface area contributed by atoms with E-state index in [1.807, 2.05) is 32.6 Å². The molecule has 8 heteroatoms. The van der Waals surface area contributed by atoms with Crippen LogP contribution < -0.4 is 15.4 Å². The molecule has 1 aliphatic heterocycles. The molecule has 8 nitrogen and oxygen atoms in total. The van der Waals surface area contributed by atoms with Gasteiger partial charge in [0.05, 0.1) is 18.4 Å². The van der Waals surface area contributed by atoms with Crippen molar-refractivity contribution in [2.75, 3.05) is 37.4 Å². The van der Waals surface area contributed by atoms with Gasteiger partial charge in [0.2, 0.25) is 0 Å². The first-order valence-corrected chi connectivity index (χ1v) is 8.49. The van der Waals surface area contributed by atoms with Crippen LogP contribution in [0, 0.1) is 0 Å². The number of nitrogen functional groups attached to an aromatic ring is 1. The van der Waals surface area contributed by atoms with Gasteiger partial charge in [-0.3, -0.25) is 0 Å². The molecule has 1 heterocycles. The van der Waals surface area contributed by atoms with Crippen molar-refractivity contribution in [2.45, 2.75) is 39.3 Å². The summed E-state index contributed by atoms with van der Waals surface area (Å²) in [6.07, 6.45) is -0.342. The maximum absolute atomic E-state index is 12.3. The fourth-order valence-corrected chi connectivity index (χ4v) is 3.00. The van der Waals surface area contributed by atoms with Crippen LogP contribution in [0.5, 0.6) is 5.75 Å². The Labute approximate surface area is 153 Å². The monoisotopic (exact) mass is 365 g/mol. The molecule has 1 atom stereocenters. The van der Waals surface area contributed by atoms with Crippen LogP contribution in [0.2, 0.25) is 0 Å². The summed E-state index contributed by atoms with van der Waals surface area (Å²) < 4.78 is 10.8. The molecule has 0 saturated carbocycles. The molecule has 0 spiro atoms. The molecule has 0 unspecified atom stereocenters. The highest BCUT2D eigenvalue weighted by Crippen LogP contribution is 2.37. The average molecular weight is 365 g/mol. The summed E-state index contributed by atoms with van der Waals surface area (Å²) >= 11 is 0. The normalized spacial score (nSPS) is 17.8. The molecule has 0 aromatic heterocycles. The van der Waals surface area contributed by atoms with E-state index >= 15 is 0 Å². The predicted octanol–water partition coefficient (Wildman–Crippen LogP) is 2.42.